The number of hydrogen-bond acceptors (Lipinski definition) is 1. The zero-order valence-electron chi connectivity index (χ0n) is 29.6. The van der Waals surface area contributed by atoms with Crippen LogP contribution in [0.3, 0.4) is 0 Å². The number of para-hydroxylation sites is 1. The number of benzene rings is 4. The second-order valence-corrected chi connectivity index (χ2v) is 11.0. The number of pyridine rings is 1. The van der Waals surface area contributed by atoms with Gasteiger partial charge in [-0.05, 0) is 83.6 Å². The van der Waals surface area contributed by atoms with Crippen molar-refractivity contribution < 1.29 is 11.0 Å². The lowest BCUT2D eigenvalue weighted by Gasteiger charge is -2.20. The Morgan fingerprint density at radius 3 is 2.29 bits per heavy atom. The lowest BCUT2D eigenvalue weighted by molar-refractivity contribution is 0.410. The van der Waals surface area contributed by atoms with Gasteiger partial charge >= 0.3 is 0 Å². The summed E-state index contributed by atoms with van der Waals surface area (Å²) in [7, 11) is 0. The van der Waals surface area contributed by atoms with Gasteiger partial charge in [0, 0.05) is 44.3 Å². The average Bonchev–Trinajstić information content (AvgIpc) is 3.51. The van der Waals surface area contributed by atoms with Crippen LogP contribution in [0, 0.1) is 19.1 Å². The van der Waals surface area contributed by atoms with E-state index in [9.17, 15) is 0 Å². The average molecular weight is 501 g/mol. The van der Waals surface area contributed by atoms with Crippen LogP contribution in [-0.4, -0.2) is 9.38 Å². The molecule has 4 aromatic carbocycles. The van der Waals surface area contributed by atoms with E-state index in [1.165, 1.54) is 6.20 Å². The van der Waals surface area contributed by atoms with E-state index in [0.29, 0.717) is 16.6 Å². The zero-order valence-corrected chi connectivity index (χ0v) is 21.6. The van der Waals surface area contributed by atoms with Gasteiger partial charge in [-0.25, -0.2) is 0 Å². The maximum absolute atomic E-state index is 9.01. The van der Waals surface area contributed by atoms with E-state index in [1.807, 2.05) is 72.8 Å². The smallest absolute Gasteiger partial charge is 0.0705 e. The van der Waals surface area contributed by atoms with Gasteiger partial charge in [-0.2, -0.15) is 0 Å². The van der Waals surface area contributed by atoms with Crippen molar-refractivity contribution in [2.75, 3.05) is 0 Å². The summed E-state index contributed by atoms with van der Waals surface area (Å²) < 4.78 is 70.3. The van der Waals surface area contributed by atoms with Crippen molar-refractivity contribution in [1.29, 1.82) is 0 Å². The van der Waals surface area contributed by atoms with Crippen LogP contribution in [0.15, 0.2) is 91.1 Å². The van der Waals surface area contributed by atoms with Crippen LogP contribution in [-0.2, 0) is 6.37 Å². The Morgan fingerprint density at radius 2 is 1.50 bits per heavy atom. The predicted molar refractivity (Wildman–Crippen MR) is 162 cm³/mol. The number of hydrogen-bond donors (Lipinski definition) is 0. The largest absolute Gasteiger partial charge is 0.308 e. The van der Waals surface area contributed by atoms with Crippen LogP contribution in [0.25, 0.3) is 60.5 Å². The van der Waals surface area contributed by atoms with Gasteiger partial charge < -0.3 is 4.40 Å². The predicted octanol–water partition coefficient (Wildman–Crippen LogP) is 9.77. The van der Waals surface area contributed by atoms with Crippen molar-refractivity contribution in [3.8, 4) is 22.4 Å². The topological polar surface area (TPSA) is 17.3 Å². The van der Waals surface area contributed by atoms with Crippen LogP contribution in [0.2, 0.25) is 0 Å². The summed E-state index contributed by atoms with van der Waals surface area (Å²) in [5.41, 5.74) is 4.67. The molecule has 0 fully saturated rings. The lowest BCUT2D eigenvalue weighted by Crippen LogP contribution is -2.10. The highest BCUT2D eigenvalue weighted by atomic mass is 14.9. The maximum Gasteiger partial charge on any atom is 0.0705 e. The molecule has 0 atom stereocenters. The summed E-state index contributed by atoms with van der Waals surface area (Å²) in [6.45, 7) is 0.264. The Bertz CT molecular complexity index is 2290. The van der Waals surface area contributed by atoms with Gasteiger partial charge in [-0.3, -0.25) is 4.98 Å². The van der Waals surface area contributed by atoms with E-state index in [-0.39, 0.29) is 16.7 Å². The molecule has 0 N–H and O–H groups in total. The van der Waals surface area contributed by atoms with Crippen LogP contribution >= 0.6 is 0 Å². The van der Waals surface area contributed by atoms with Gasteiger partial charge in [0.05, 0.1) is 22.2 Å². The first-order valence-electron chi connectivity index (χ1n) is 16.8. The van der Waals surface area contributed by atoms with Gasteiger partial charge in [0.2, 0.25) is 0 Å². The van der Waals surface area contributed by atoms with E-state index < -0.39 is 25.5 Å². The molecule has 7 rings (SSSR count). The number of aryl methyl sites for hydroxylation is 2. The van der Waals surface area contributed by atoms with Crippen LogP contribution in [0.4, 0.5) is 0 Å². The van der Waals surface area contributed by atoms with Gasteiger partial charge in [-0.1, -0.05) is 75.4 Å². The molecular formula is C36H32N2. The summed E-state index contributed by atoms with van der Waals surface area (Å²) >= 11 is 0. The molecule has 0 radical (unpaired) electrons. The molecule has 38 heavy (non-hydrogen) atoms. The first-order chi connectivity index (χ1) is 21.5. The Hall–Kier alpha value is -4.17. The first-order valence-corrected chi connectivity index (χ1v) is 12.8. The van der Waals surface area contributed by atoms with E-state index in [2.05, 4.69) is 9.38 Å². The fourth-order valence-corrected chi connectivity index (χ4v) is 5.69. The summed E-state index contributed by atoms with van der Waals surface area (Å²) in [6, 6.07) is 27.0. The Morgan fingerprint density at radius 1 is 0.737 bits per heavy atom. The minimum Gasteiger partial charge on any atom is -0.308 e. The van der Waals surface area contributed by atoms with Crippen molar-refractivity contribution in [2.24, 2.45) is 5.41 Å². The molecule has 2 heteroatoms. The molecule has 186 valence electrons. The Labute approximate surface area is 235 Å². The van der Waals surface area contributed by atoms with Gasteiger partial charge in [0.1, 0.15) is 0 Å². The number of aromatic nitrogens is 2. The maximum atomic E-state index is 9.01. The number of fused-ring (bicyclic) bond motifs is 6. The SMILES string of the molecule is [2H]C([2H])([2H])c1cnc(-c2cc3c4ccccc4n4c5cc(-c6ccccc6)cc(C([2H])([2H])[2H])c5c(c2)c34)cc1C([2H])([2H])C(C)(C)C. The number of nitrogens with zero attached hydrogens (tertiary/aromatic N) is 2. The highest BCUT2D eigenvalue weighted by Gasteiger charge is 2.21. The van der Waals surface area contributed by atoms with Gasteiger partial charge in [0.15, 0.2) is 0 Å². The van der Waals surface area contributed by atoms with E-state index in [1.54, 1.807) is 32.9 Å². The summed E-state index contributed by atoms with van der Waals surface area (Å²) in [6.07, 6.45) is -0.720. The van der Waals surface area contributed by atoms with Crippen molar-refractivity contribution in [3.63, 3.8) is 0 Å². The van der Waals surface area contributed by atoms with E-state index >= 15 is 0 Å². The molecule has 2 nitrogen and oxygen atoms in total. The van der Waals surface area contributed by atoms with Crippen LogP contribution in [0.5, 0.6) is 0 Å². The molecule has 0 aliphatic rings. The molecule has 0 saturated carbocycles. The third-order valence-corrected chi connectivity index (χ3v) is 7.21. The third-order valence-electron chi connectivity index (χ3n) is 7.21. The second kappa shape index (κ2) is 8.16. The molecule has 0 spiro atoms. The van der Waals surface area contributed by atoms with E-state index in [4.69, 9.17) is 11.0 Å². The molecule has 0 unspecified atom stereocenters. The molecule has 3 heterocycles. The fourth-order valence-electron chi connectivity index (χ4n) is 5.69. The van der Waals surface area contributed by atoms with Crippen molar-refractivity contribution in [1.82, 2.24) is 9.38 Å². The molecule has 0 aliphatic heterocycles. The molecule has 0 saturated heterocycles. The van der Waals surface area contributed by atoms with Crippen LogP contribution in [0.1, 0.15) is 48.4 Å². The van der Waals surface area contributed by atoms with Gasteiger partial charge in [-0.15, -0.1) is 0 Å². The molecule has 0 amide bonds. The highest BCUT2D eigenvalue weighted by molar-refractivity contribution is 6.25. The van der Waals surface area contributed by atoms with E-state index in [0.717, 1.165) is 43.8 Å². The minimum absolute atomic E-state index is 0.0695. The fraction of sp³-hybridized carbons (Fsp3) is 0.194. The quantitative estimate of drug-likeness (QED) is 0.236. The minimum atomic E-state index is -2.56. The number of rotatable bonds is 3. The second-order valence-electron chi connectivity index (χ2n) is 11.0. The molecule has 0 aliphatic carbocycles. The summed E-state index contributed by atoms with van der Waals surface area (Å²) in [4.78, 5) is 4.57. The first kappa shape index (κ1) is 15.9. The van der Waals surface area contributed by atoms with Crippen molar-refractivity contribution >= 4 is 38.1 Å². The van der Waals surface area contributed by atoms with Crippen molar-refractivity contribution in [3.05, 3.63) is 108 Å². The standard InChI is InChI=1S/C36H32N2/c1-22-15-25(24-11-7-6-8-12-24)19-33-34(22)30-17-26(31-18-27(20-36(3,4)5)23(2)21-37-31)16-29-28-13-9-10-14-32(28)38(33)35(29)30/h6-19,21H,20H2,1-5H3/i1D3,2D3,20D2. The molecule has 0 bridgehead atoms. The van der Waals surface area contributed by atoms with Gasteiger partial charge in [0.25, 0.3) is 0 Å². The van der Waals surface area contributed by atoms with Crippen LogP contribution < -0.4 is 0 Å². The summed E-state index contributed by atoms with van der Waals surface area (Å²) in [5.74, 6) is 0. The van der Waals surface area contributed by atoms with Crippen molar-refractivity contribution in [2.45, 2.75) is 40.8 Å². The zero-order chi connectivity index (χ0) is 33.0. The molecular weight excluding hydrogens is 460 g/mol. The Balaban J connectivity index is 1.61. The third kappa shape index (κ3) is 3.51. The Kier molecular flexibility index (Phi) is 3.42. The molecule has 3 aromatic heterocycles. The monoisotopic (exact) mass is 500 g/mol. The molecule has 7 aromatic rings. The normalized spacial score (nSPS) is 16.6. The lowest BCUT2D eigenvalue weighted by atomic mass is 9.86. The summed E-state index contributed by atoms with van der Waals surface area (Å²) in [5, 5.41) is 3.25. The highest BCUT2D eigenvalue weighted by Crippen LogP contribution is 2.43.